The molecule has 27 heavy (non-hydrogen) atoms. The minimum atomic E-state index is -0.704. The molecule has 0 fully saturated rings. The van der Waals surface area contributed by atoms with Crippen molar-refractivity contribution in [3.63, 3.8) is 0 Å². The Labute approximate surface area is 157 Å². The van der Waals surface area contributed by atoms with E-state index in [9.17, 15) is 14.4 Å². The van der Waals surface area contributed by atoms with Crippen LogP contribution in [0.1, 0.15) is 27.9 Å². The molecule has 0 bridgehead atoms. The maximum Gasteiger partial charge on any atom is 0.339 e. The number of hydrogen-bond donors (Lipinski definition) is 3. The minimum absolute atomic E-state index is 0.0757. The van der Waals surface area contributed by atoms with Crippen LogP contribution in [0, 0.1) is 13.8 Å². The standard InChI is InChI=1S/C20H21N3O4/c1-11-8-15-16(9-12(11)2)23-19(25)17(21-15)10-18(24)22-14-7-5-4-6-13(14)20(26)27-3/h4-9,17,21H,10H2,1-3H3,(H,22,24)(H,23,25)/t17-/m1/s1. The van der Waals surface area contributed by atoms with Gasteiger partial charge in [0.15, 0.2) is 0 Å². The number of benzene rings is 2. The molecule has 0 saturated heterocycles. The second-order valence-electron chi connectivity index (χ2n) is 6.46. The van der Waals surface area contributed by atoms with E-state index in [1.807, 2.05) is 26.0 Å². The van der Waals surface area contributed by atoms with E-state index in [-0.39, 0.29) is 23.8 Å². The largest absolute Gasteiger partial charge is 0.465 e. The van der Waals surface area contributed by atoms with Crippen molar-refractivity contribution in [2.24, 2.45) is 0 Å². The van der Waals surface area contributed by atoms with Gasteiger partial charge in [0.2, 0.25) is 11.8 Å². The number of nitrogens with one attached hydrogen (secondary N) is 3. The lowest BCUT2D eigenvalue weighted by molar-refractivity contribution is -0.122. The van der Waals surface area contributed by atoms with Gasteiger partial charge in [-0.1, -0.05) is 12.1 Å². The first-order chi connectivity index (χ1) is 12.9. The van der Waals surface area contributed by atoms with Crippen molar-refractivity contribution < 1.29 is 19.1 Å². The molecule has 0 spiro atoms. The van der Waals surface area contributed by atoms with Gasteiger partial charge < -0.3 is 20.7 Å². The molecule has 3 N–H and O–H groups in total. The van der Waals surface area contributed by atoms with Crippen LogP contribution in [-0.4, -0.2) is 30.9 Å². The van der Waals surface area contributed by atoms with Crippen molar-refractivity contribution in [3.05, 3.63) is 53.1 Å². The highest BCUT2D eigenvalue weighted by atomic mass is 16.5. The average Bonchev–Trinajstić information content (AvgIpc) is 2.64. The Bertz CT molecular complexity index is 923. The first-order valence-electron chi connectivity index (χ1n) is 8.55. The molecule has 0 unspecified atom stereocenters. The summed E-state index contributed by atoms with van der Waals surface area (Å²) in [6, 6.07) is 9.70. The molecular weight excluding hydrogens is 346 g/mol. The summed E-state index contributed by atoms with van der Waals surface area (Å²) < 4.78 is 4.72. The van der Waals surface area contributed by atoms with Crippen LogP contribution >= 0.6 is 0 Å². The van der Waals surface area contributed by atoms with Gasteiger partial charge in [-0.3, -0.25) is 9.59 Å². The topological polar surface area (TPSA) is 96.5 Å². The summed E-state index contributed by atoms with van der Waals surface area (Å²) >= 11 is 0. The number of ether oxygens (including phenoxy) is 1. The fourth-order valence-corrected chi connectivity index (χ4v) is 2.92. The molecule has 2 aromatic carbocycles. The van der Waals surface area contributed by atoms with Crippen LogP contribution in [-0.2, 0) is 14.3 Å². The third kappa shape index (κ3) is 3.92. The zero-order chi connectivity index (χ0) is 19.6. The predicted molar refractivity (Wildman–Crippen MR) is 103 cm³/mol. The lowest BCUT2D eigenvalue weighted by Crippen LogP contribution is -2.41. The zero-order valence-electron chi connectivity index (χ0n) is 15.4. The van der Waals surface area contributed by atoms with E-state index >= 15 is 0 Å². The number of esters is 1. The van der Waals surface area contributed by atoms with Crippen LogP contribution in [0.15, 0.2) is 36.4 Å². The van der Waals surface area contributed by atoms with Crippen LogP contribution in [0.25, 0.3) is 0 Å². The highest BCUT2D eigenvalue weighted by molar-refractivity contribution is 6.07. The van der Waals surface area contributed by atoms with Gasteiger partial charge in [0, 0.05) is 0 Å². The summed E-state index contributed by atoms with van der Waals surface area (Å²) in [7, 11) is 1.28. The van der Waals surface area contributed by atoms with Crippen molar-refractivity contribution in [1.29, 1.82) is 0 Å². The molecule has 0 radical (unpaired) electrons. The number of fused-ring (bicyclic) bond motifs is 1. The SMILES string of the molecule is COC(=O)c1ccccc1NC(=O)C[C@H]1Nc2cc(C)c(C)cc2NC1=O. The maximum absolute atomic E-state index is 12.4. The van der Waals surface area contributed by atoms with E-state index in [1.54, 1.807) is 24.3 Å². The van der Waals surface area contributed by atoms with E-state index in [4.69, 9.17) is 4.74 Å². The van der Waals surface area contributed by atoms with E-state index < -0.39 is 12.0 Å². The van der Waals surface area contributed by atoms with E-state index in [0.717, 1.165) is 16.8 Å². The molecule has 1 atom stereocenters. The summed E-state index contributed by atoms with van der Waals surface area (Å²) in [5.41, 5.74) is 4.25. The van der Waals surface area contributed by atoms with Crippen LogP contribution in [0.4, 0.5) is 17.1 Å². The smallest absolute Gasteiger partial charge is 0.339 e. The number of rotatable bonds is 4. The zero-order valence-corrected chi connectivity index (χ0v) is 15.4. The number of amides is 2. The molecular formula is C20H21N3O4. The number of carbonyl (C=O) groups excluding carboxylic acids is 3. The Morgan fingerprint density at radius 1 is 1.11 bits per heavy atom. The van der Waals surface area contributed by atoms with Gasteiger partial charge in [-0.05, 0) is 49.2 Å². The first kappa shape index (κ1) is 18.4. The normalized spacial score (nSPS) is 15.2. The third-order valence-electron chi connectivity index (χ3n) is 4.53. The Morgan fingerprint density at radius 2 is 1.78 bits per heavy atom. The molecule has 0 saturated carbocycles. The van der Waals surface area contributed by atoms with Gasteiger partial charge in [0.05, 0.1) is 36.2 Å². The molecule has 2 aromatic rings. The number of para-hydroxylation sites is 1. The summed E-state index contributed by atoms with van der Waals surface area (Å²) in [4.78, 5) is 36.6. The van der Waals surface area contributed by atoms with Gasteiger partial charge >= 0.3 is 5.97 Å². The predicted octanol–water partition coefficient (Wildman–Crippen LogP) is 2.85. The van der Waals surface area contributed by atoms with Crippen molar-refractivity contribution in [2.75, 3.05) is 23.1 Å². The molecule has 2 amide bonds. The van der Waals surface area contributed by atoms with Gasteiger partial charge in [-0.25, -0.2) is 4.79 Å². The molecule has 0 aliphatic carbocycles. The average molecular weight is 367 g/mol. The second-order valence-corrected chi connectivity index (χ2v) is 6.46. The summed E-state index contributed by atoms with van der Waals surface area (Å²) in [6.07, 6.45) is -0.0757. The number of aryl methyl sites for hydroxylation is 2. The molecule has 0 aromatic heterocycles. The van der Waals surface area contributed by atoms with Crippen LogP contribution < -0.4 is 16.0 Å². The molecule has 140 valence electrons. The van der Waals surface area contributed by atoms with Crippen LogP contribution in [0.3, 0.4) is 0 Å². The van der Waals surface area contributed by atoms with Crippen LogP contribution in [0.2, 0.25) is 0 Å². The fourth-order valence-electron chi connectivity index (χ4n) is 2.92. The number of anilines is 3. The first-order valence-corrected chi connectivity index (χ1v) is 8.55. The van der Waals surface area contributed by atoms with Crippen molar-refractivity contribution in [3.8, 4) is 0 Å². The fraction of sp³-hybridized carbons (Fsp3) is 0.250. The van der Waals surface area contributed by atoms with Gasteiger partial charge in [-0.2, -0.15) is 0 Å². The Morgan fingerprint density at radius 3 is 2.48 bits per heavy atom. The number of methoxy groups -OCH3 is 1. The van der Waals surface area contributed by atoms with Crippen molar-refractivity contribution in [2.45, 2.75) is 26.3 Å². The monoisotopic (exact) mass is 367 g/mol. The number of hydrogen-bond acceptors (Lipinski definition) is 5. The Balaban J connectivity index is 1.72. The van der Waals surface area contributed by atoms with Crippen molar-refractivity contribution >= 4 is 34.8 Å². The summed E-state index contributed by atoms with van der Waals surface area (Å²) in [5, 5.41) is 8.62. The highest BCUT2D eigenvalue weighted by Gasteiger charge is 2.28. The quantitative estimate of drug-likeness (QED) is 0.722. The Hall–Kier alpha value is -3.35. The molecule has 1 aliphatic heterocycles. The van der Waals surface area contributed by atoms with Crippen LogP contribution in [0.5, 0.6) is 0 Å². The van der Waals surface area contributed by atoms with Gasteiger partial charge in [0.25, 0.3) is 0 Å². The van der Waals surface area contributed by atoms with Gasteiger partial charge in [0.1, 0.15) is 6.04 Å². The molecule has 7 heteroatoms. The molecule has 7 nitrogen and oxygen atoms in total. The van der Waals surface area contributed by atoms with E-state index in [0.29, 0.717) is 11.4 Å². The van der Waals surface area contributed by atoms with Gasteiger partial charge in [-0.15, -0.1) is 0 Å². The maximum atomic E-state index is 12.4. The van der Waals surface area contributed by atoms with E-state index in [1.165, 1.54) is 7.11 Å². The molecule has 1 heterocycles. The third-order valence-corrected chi connectivity index (χ3v) is 4.53. The lowest BCUT2D eigenvalue weighted by atomic mass is 10.0. The van der Waals surface area contributed by atoms with Crippen molar-refractivity contribution in [1.82, 2.24) is 0 Å². The number of carbonyl (C=O) groups is 3. The summed E-state index contributed by atoms with van der Waals surface area (Å²) in [5.74, 6) is -1.20. The lowest BCUT2D eigenvalue weighted by Gasteiger charge is -2.27. The minimum Gasteiger partial charge on any atom is -0.465 e. The Kier molecular flexibility index (Phi) is 5.12. The molecule has 3 rings (SSSR count). The summed E-state index contributed by atoms with van der Waals surface area (Å²) in [6.45, 7) is 3.96. The second kappa shape index (κ2) is 7.49. The van der Waals surface area contributed by atoms with E-state index in [2.05, 4.69) is 16.0 Å². The highest BCUT2D eigenvalue weighted by Crippen LogP contribution is 2.30. The molecule has 1 aliphatic rings.